The molecule has 0 saturated heterocycles. The standard InChI is InChI=1S/C14H19ClN4/c1-4-5-12-13(16)14(19(3)18-12)17-11-7-6-9(2)8-10(11)15/h6-8,17H,4-5,16H2,1-3H3. The molecule has 0 spiro atoms. The Morgan fingerprint density at radius 3 is 2.79 bits per heavy atom. The number of hydrogen-bond acceptors (Lipinski definition) is 3. The number of hydrogen-bond donors (Lipinski definition) is 2. The summed E-state index contributed by atoms with van der Waals surface area (Å²) in [6.45, 7) is 4.12. The smallest absolute Gasteiger partial charge is 0.152 e. The molecule has 0 amide bonds. The molecule has 1 aromatic heterocycles. The Morgan fingerprint density at radius 1 is 1.42 bits per heavy atom. The second-order valence-corrected chi connectivity index (χ2v) is 5.10. The highest BCUT2D eigenvalue weighted by Crippen LogP contribution is 2.30. The zero-order chi connectivity index (χ0) is 14.0. The lowest BCUT2D eigenvalue weighted by Crippen LogP contribution is -2.01. The first-order chi connectivity index (χ1) is 9.02. The van der Waals surface area contributed by atoms with Crippen molar-refractivity contribution in [3.05, 3.63) is 34.5 Å². The fourth-order valence-electron chi connectivity index (χ4n) is 2.01. The van der Waals surface area contributed by atoms with Crippen LogP contribution >= 0.6 is 11.6 Å². The largest absolute Gasteiger partial charge is 0.394 e. The summed E-state index contributed by atoms with van der Waals surface area (Å²) in [4.78, 5) is 0. The summed E-state index contributed by atoms with van der Waals surface area (Å²) >= 11 is 6.22. The number of rotatable bonds is 4. The summed E-state index contributed by atoms with van der Waals surface area (Å²) in [6, 6.07) is 5.88. The lowest BCUT2D eigenvalue weighted by Gasteiger charge is -2.10. The van der Waals surface area contributed by atoms with E-state index < -0.39 is 0 Å². The van der Waals surface area contributed by atoms with Gasteiger partial charge in [0.2, 0.25) is 0 Å². The number of nitrogens with two attached hydrogens (primary N) is 1. The van der Waals surface area contributed by atoms with Crippen molar-refractivity contribution < 1.29 is 0 Å². The van der Waals surface area contributed by atoms with E-state index in [2.05, 4.69) is 17.3 Å². The van der Waals surface area contributed by atoms with Gasteiger partial charge < -0.3 is 11.1 Å². The van der Waals surface area contributed by atoms with Crippen LogP contribution in [0.3, 0.4) is 0 Å². The minimum Gasteiger partial charge on any atom is -0.394 e. The van der Waals surface area contributed by atoms with Crippen molar-refractivity contribution in [1.82, 2.24) is 9.78 Å². The molecule has 0 aliphatic rings. The van der Waals surface area contributed by atoms with Gasteiger partial charge in [0, 0.05) is 7.05 Å². The van der Waals surface area contributed by atoms with Crippen molar-refractivity contribution in [3.63, 3.8) is 0 Å². The van der Waals surface area contributed by atoms with Gasteiger partial charge >= 0.3 is 0 Å². The van der Waals surface area contributed by atoms with Gasteiger partial charge in [-0.25, -0.2) is 0 Å². The maximum Gasteiger partial charge on any atom is 0.152 e. The fourth-order valence-corrected chi connectivity index (χ4v) is 2.30. The van der Waals surface area contributed by atoms with Crippen LogP contribution in [-0.4, -0.2) is 9.78 Å². The SMILES string of the molecule is CCCc1nn(C)c(Nc2ccc(C)cc2Cl)c1N. The summed E-state index contributed by atoms with van der Waals surface area (Å²) in [6.07, 6.45) is 1.90. The Bertz CT molecular complexity index is 589. The number of aryl methyl sites for hydroxylation is 3. The summed E-state index contributed by atoms with van der Waals surface area (Å²) in [7, 11) is 1.87. The zero-order valence-corrected chi connectivity index (χ0v) is 12.3. The van der Waals surface area contributed by atoms with E-state index in [9.17, 15) is 0 Å². The summed E-state index contributed by atoms with van der Waals surface area (Å²) in [5, 5.41) is 8.37. The van der Waals surface area contributed by atoms with E-state index in [0.717, 1.165) is 35.6 Å². The Balaban J connectivity index is 2.33. The highest BCUT2D eigenvalue weighted by molar-refractivity contribution is 6.33. The first-order valence-corrected chi connectivity index (χ1v) is 6.75. The Hall–Kier alpha value is -1.68. The molecule has 1 heterocycles. The molecule has 0 radical (unpaired) electrons. The van der Waals surface area contributed by atoms with Gasteiger partial charge in [-0.15, -0.1) is 0 Å². The number of halogens is 1. The first-order valence-electron chi connectivity index (χ1n) is 6.37. The molecule has 5 heteroatoms. The molecule has 2 aromatic rings. The number of nitrogens with zero attached hydrogens (tertiary/aromatic N) is 2. The van der Waals surface area contributed by atoms with Crippen LogP contribution in [0.5, 0.6) is 0 Å². The van der Waals surface area contributed by atoms with E-state index in [-0.39, 0.29) is 0 Å². The number of anilines is 3. The minimum absolute atomic E-state index is 0.678. The van der Waals surface area contributed by atoms with Crippen molar-refractivity contribution in [2.24, 2.45) is 7.05 Å². The lowest BCUT2D eigenvalue weighted by atomic mass is 10.2. The molecule has 0 aliphatic heterocycles. The van der Waals surface area contributed by atoms with Gasteiger partial charge in [-0.05, 0) is 31.0 Å². The van der Waals surface area contributed by atoms with Crippen LogP contribution in [-0.2, 0) is 13.5 Å². The molecule has 102 valence electrons. The molecular formula is C14H19ClN4. The van der Waals surface area contributed by atoms with Crippen LogP contribution in [0, 0.1) is 6.92 Å². The highest BCUT2D eigenvalue weighted by Gasteiger charge is 2.13. The van der Waals surface area contributed by atoms with Crippen LogP contribution in [0.4, 0.5) is 17.2 Å². The van der Waals surface area contributed by atoms with E-state index >= 15 is 0 Å². The summed E-state index contributed by atoms with van der Waals surface area (Å²) in [5.41, 5.74) is 9.71. The summed E-state index contributed by atoms with van der Waals surface area (Å²) < 4.78 is 1.76. The third-order valence-corrected chi connectivity index (χ3v) is 3.34. The monoisotopic (exact) mass is 278 g/mol. The maximum absolute atomic E-state index is 6.22. The third kappa shape index (κ3) is 2.84. The van der Waals surface area contributed by atoms with Crippen molar-refractivity contribution >= 4 is 28.8 Å². The Morgan fingerprint density at radius 2 is 2.16 bits per heavy atom. The van der Waals surface area contributed by atoms with Crippen molar-refractivity contribution in [2.75, 3.05) is 11.1 Å². The van der Waals surface area contributed by atoms with Gasteiger partial charge in [0.25, 0.3) is 0 Å². The minimum atomic E-state index is 0.678. The molecule has 0 saturated carbocycles. The molecule has 1 aromatic carbocycles. The van der Waals surface area contributed by atoms with E-state index in [0.29, 0.717) is 10.7 Å². The first kappa shape index (κ1) is 13.7. The molecule has 4 nitrogen and oxygen atoms in total. The van der Waals surface area contributed by atoms with Gasteiger partial charge in [-0.3, -0.25) is 4.68 Å². The van der Waals surface area contributed by atoms with Gasteiger partial charge in [0.05, 0.1) is 22.1 Å². The molecule has 3 N–H and O–H groups in total. The average molecular weight is 279 g/mol. The average Bonchev–Trinajstić information content (AvgIpc) is 2.60. The van der Waals surface area contributed by atoms with E-state index in [1.54, 1.807) is 4.68 Å². The predicted octanol–water partition coefficient (Wildman–Crippen LogP) is 3.66. The molecular weight excluding hydrogens is 260 g/mol. The number of benzene rings is 1. The second-order valence-electron chi connectivity index (χ2n) is 4.69. The van der Waals surface area contributed by atoms with Gasteiger partial charge in [-0.1, -0.05) is 31.0 Å². The van der Waals surface area contributed by atoms with Crippen LogP contribution < -0.4 is 11.1 Å². The van der Waals surface area contributed by atoms with E-state index in [1.165, 1.54) is 0 Å². The van der Waals surface area contributed by atoms with Crippen LogP contribution in [0.25, 0.3) is 0 Å². The van der Waals surface area contributed by atoms with E-state index in [4.69, 9.17) is 17.3 Å². The molecule has 0 unspecified atom stereocenters. The lowest BCUT2D eigenvalue weighted by molar-refractivity contribution is 0.740. The maximum atomic E-state index is 6.22. The topological polar surface area (TPSA) is 55.9 Å². The van der Waals surface area contributed by atoms with E-state index in [1.807, 2.05) is 32.2 Å². The highest BCUT2D eigenvalue weighted by atomic mass is 35.5. The summed E-state index contributed by atoms with van der Waals surface area (Å²) in [5.74, 6) is 0.786. The number of nitrogen functional groups attached to an aromatic ring is 1. The van der Waals surface area contributed by atoms with Crippen LogP contribution in [0.15, 0.2) is 18.2 Å². The van der Waals surface area contributed by atoms with Gasteiger partial charge in [-0.2, -0.15) is 5.10 Å². The number of aromatic nitrogens is 2. The van der Waals surface area contributed by atoms with Gasteiger partial charge in [0.15, 0.2) is 5.82 Å². The molecule has 0 bridgehead atoms. The van der Waals surface area contributed by atoms with Crippen molar-refractivity contribution in [1.29, 1.82) is 0 Å². The van der Waals surface area contributed by atoms with Crippen molar-refractivity contribution in [2.45, 2.75) is 26.7 Å². The fraction of sp³-hybridized carbons (Fsp3) is 0.357. The van der Waals surface area contributed by atoms with Crippen molar-refractivity contribution in [3.8, 4) is 0 Å². The zero-order valence-electron chi connectivity index (χ0n) is 11.5. The molecule has 0 fully saturated rings. The molecule has 0 aliphatic carbocycles. The Kier molecular flexibility index (Phi) is 4.00. The second kappa shape index (κ2) is 5.53. The van der Waals surface area contributed by atoms with Crippen LogP contribution in [0.2, 0.25) is 5.02 Å². The normalized spacial score (nSPS) is 10.7. The number of nitrogens with one attached hydrogen (secondary N) is 1. The van der Waals surface area contributed by atoms with Crippen LogP contribution in [0.1, 0.15) is 24.6 Å². The molecule has 19 heavy (non-hydrogen) atoms. The third-order valence-electron chi connectivity index (χ3n) is 3.02. The van der Waals surface area contributed by atoms with Gasteiger partial charge in [0.1, 0.15) is 0 Å². The quantitative estimate of drug-likeness (QED) is 0.897. The molecule has 0 atom stereocenters. The molecule has 2 rings (SSSR count). The predicted molar refractivity (Wildman–Crippen MR) is 81.1 cm³/mol. The Labute approximate surface area is 118 Å².